The lowest BCUT2D eigenvalue weighted by Crippen LogP contribution is -2.32. The van der Waals surface area contributed by atoms with E-state index in [0.717, 1.165) is 12.2 Å². The second kappa shape index (κ2) is 5.21. The maximum absolute atomic E-state index is 11.0. The van der Waals surface area contributed by atoms with Crippen molar-refractivity contribution >= 4 is 11.7 Å². The number of carboxylic acid groups (broad SMARTS) is 1. The van der Waals surface area contributed by atoms with Crippen molar-refractivity contribution in [2.45, 2.75) is 38.6 Å². The molecule has 1 aromatic carbocycles. The number of hydrogen-bond donors (Lipinski definition) is 1. The molecule has 0 spiro atoms. The van der Waals surface area contributed by atoms with Gasteiger partial charge in [0.15, 0.2) is 0 Å². The minimum atomic E-state index is -0.852. The lowest BCUT2D eigenvalue weighted by Gasteiger charge is -2.29. The molecule has 2 rings (SSSR count). The first-order chi connectivity index (χ1) is 8.18. The van der Waals surface area contributed by atoms with Gasteiger partial charge in [-0.2, -0.15) is 0 Å². The minimum absolute atomic E-state index is 0.374. The Bertz CT molecular complexity index is 403. The molecule has 1 N–H and O–H groups in total. The molecule has 3 heteroatoms. The summed E-state index contributed by atoms with van der Waals surface area (Å²) in [7, 11) is 0. The van der Waals surface area contributed by atoms with Gasteiger partial charge >= 0.3 is 5.97 Å². The summed E-state index contributed by atoms with van der Waals surface area (Å²) >= 11 is 0. The third-order valence-corrected chi connectivity index (χ3v) is 3.48. The van der Waals surface area contributed by atoms with Crippen molar-refractivity contribution in [3.8, 4) is 0 Å². The first kappa shape index (κ1) is 12.0. The molecule has 1 fully saturated rings. The van der Waals surface area contributed by atoms with Crippen molar-refractivity contribution in [2.24, 2.45) is 0 Å². The zero-order chi connectivity index (χ0) is 12.3. The quantitative estimate of drug-likeness (QED) is 0.853. The van der Waals surface area contributed by atoms with Gasteiger partial charge < -0.3 is 10.0 Å². The van der Waals surface area contributed by atoms with Gasteiger partial charge in [-0.05, 0) is 38.0 Å². The smallest absolute Gasteiger partial charge is 0.335 e. The summed E-state index contributed by atoms with van der Waals surface area (Å²) in [6.45, 7) is 3.25. The highest BCUT2D eigenvalue weighted by atomic mass is 16.4. The number of hydrogen-bond acceptors (Lipinski definition) is 2. The molecular formula is C14H19NO2. The highest BCUT2D eigenvalue weighted by Crippen LogP contribution is 2.24. The Hall–Kier alpha value is -1.51. The zero-order valence-electron chi connectivity index (χ0n) is 10.2. The van der Waals surface area contributed by atoms with Gasteiger partial charge in [0.2, 0.25) is 0 Å². The standard InChI is InChI=1S/C14H19NO2/c1-11-6-3-2-4-9-15(11)13-8-5-7-12(10-13)14(16)17/h5,7-8,10-11H,2-4,6,9H2,1H3,(H,16,17). The SMILES string of the molecule is CC1CCCCCN1c1cccc(C(=O)O)c1. The first-order valence-electron chi connectivity index (χ1n) is 6.28. The van der Waals surface area contributed by atoms with E-state index in [1.54, 1.807) is 12.1 Å². The molecule has 1 aromatic rings. The summed E-state index contributed by atoms with van der Waals surface area (Å²) in [6, 6.07) is 7.77. The fourth-order valence-electron chi connectivity index (χ4n) is 2.48. The van der Waals surface area contributed by atoms with E-state index in [1.807, 2.05) is 12.1 Å². The molecule has 0 radical (unpaired) electrons. The second-order valence-corrected chi connectivity index (χ2v) is 4.75. The van der Waals surface area contributed by atoms with Gasteiger partial charge in [0.05, 0.1) is 5.56 Å². The lowest BCUT2D eigenvalue weighted by atomic mass is 10.1. The van der Waals surface area contributed by atoms with Crippen LogP contribution in [-0.4, -0.2) is 23.7 Å². The summed E-state index contributed by atoms with van der Waals surface area (Å²) in [6.07, 6.45) is 4.94. The maximum atomic E-state index is 11.0. The van der Waals surface area contributed by atoms with Crippen LogP contribution in [0.4, 0.5) is 5.69 Å². The molecule has 0 aromatic heterocycles. The lowest BCUT2D eigenvalue weighted by molar-refractivity contribution is 0.0697. The van der Waals surface area contributed by atoms with Crippen LogP contribution in [0.2, 0.25) is 0 Å². The predicted molar refractivity (Wildman–Crippen MR) is 68.7 cm³/mol. The van der Waals surface area contributed by atoms with Gasteiger partial charge in [0.1, 0.15) is 0 Å². The molecular weight excluding hydrogens is 214 g/mol. The molecule has 0 saturated carbocycles. The highest BCUT2D eigenvalue weighted by Gasteiger charge is 2.17. The van der Waals surface area contributed by atoms with E-state index in [-0.39, 0.29) is 0 Å². The average molecular weight is 233 g/mol. The Kier molecular flexibility index (Phi) is 3.67. The Labute approximate surface area is 102 Å². The molecule has 1 saturated heterocycles. The van der Waals surface area contributed by atoms with Gasteiger partial charge in [-0.3, -0.25) is 0 Å². The Morgan fingerprint density at radius 2 is 2.18 bits per heavy atom. The predicted octanol–water partition coefficient (Wildman–Crippen LogP) is 3.15. The van der Waals surface area contributed by atoms with Crippen LogP contribution in [0.25, 0.3) is 0 Å². The summed E-state index contributed by atoms with van der Waals surface area (Å²) in [5.74, 6) is -0.852. The summed E-state index contributed by atoms with van der Waals surface area (Å²) in [5.41, 5.74) is 1.42. The molecule has 1 aliphatic rings. The van der Waals surface area contributed by atoms with Crippen molar-refractivity contribution in [3.63, 3.8) is 0 Å². The van der Waals surface area contributed by atoms with E-state index >= 15 is 0 Å². The number of anilines is 1. The number of carbonyl (C=O) groups is 1. The summed E-state index contributed by atoms with van der Waals surface area (Å²) in [4.78, 5) is 13.3. The van der Waals surface area contributed by atoms with E-state index < -0.39 is 5.97 Å². The van der Waals surface area contributed by atoms with Gasteiger partial charge in [-0.15, -0.1) is 0 Å². The third kappa shape index (κ3) is 2.78. The highest BCUT2D eigenvalue weighted by molar-refractivity contribution is 5.88. The number of carboxylic acids is 1. The van der Waals surface area contributed by atoms with Crippen molar-refractivity contribution in [1.29, 1.82) is 0 Å². The monoisotopic (exact) mass is 233 g/mol. The molecule has 1 aliphatic heterocycles. The van der Waals surface area contributed by atoms with Crippen LogP contribution in [0.5, 0.6) is 0 Å². The summed E-state index contributed by atoms with van der Waals surface area (Å²) < 4.78 is 0. The van der Waals surface area contributed by atoms with E-state index in [2.05, 4.69) is 11.8 Å². The van der Waals surface area contributed by atoms with Gasteiger partial charge in [-0.1, -0.05) is 18.9 Å². The molecule has 1 atom stereocenters. The molecule has 0 bridgehead atoms. The van der Waals surface area contributed by atoms with Crippen molar-refractivity contribution in [1.82, 2.24) is 0 Å². The molecule has 1 heterocycles. The van der Waals surface area contributed by atoms with E-state index in [1.165, 1.54) is 25.7 Å². The zero-order valence-corrected chi connectivity index (χ0v) is 10.2. The van der Waals surface area contributed by atoms with Crippen LogP contribution >= 0.6 is 0 Å². The van der Waals surface area contributed by atoms with Crippen molar-refractivity contribution in [3.05, 3.63) is 29.8 Å². The van der Waals surface area contributed by atoms with Crippen LogP contribution < -0.4 is 4.90 Å². The molecule has 92 valence electrons. The maximum Gasteiger partial charge on any atom is 0.335 e. The van der Waals surface area contributed by atoms with Crippen LogP contribution in [0.3, 0.4) is 0 Å². The molecule has 0 amide bonds. The molecule has 3 nitrogen and oxygen atoms in total. The van der Waals surface area contributed by atoms with Crippen LogP contribution in [0, 0.1) is 0 Å². The molecule has 0 aliphatic carbocycles. The Balaban J connectivity index is 2.25. The number of rotatable bonds is 2. The number of benzene rings is 1. The van der Waals surface area contributed by atoms with Crippen LogP contribution in [-0.2, 0) is 0 Å². The van der Waals surface area contributed by atoms with E-state index in [9.17, 15) is 4.79 Å². The fourth-order valence-corrected chi connectivity index (χ4v) is 2.48. The summed E-state index contributed by atoms with van der Waals surface area (Å²) in [5, 5.41) is 9.01. The van der Waals surface area contributed by atoms with E-state index in [4.69, 9.17) is 5.11 Å². The van der Waals surface area contributed by atoms with Crippen LogP contribution in [0.1, 0.15) is 43.0 Å². The number of aromatic carboxylic acids is 1. The Morgan fingerprint density at radius 1 is 1.35 bits per heavy atom. The van der Waals surface area contributed by atoms with E-state index in [0.29, 0.717) is 11.6 Å². The van der Waals surface area contributed by atoms with Crippen molar-refractivity contribution < 1.29 is 9.90 Å². The van der Waals surface area contributed by atoms with Gasteiger partial charge in [0.25, 0.3) is 0 Å². The first-order valence-corrected chi connectivity index (χ1v) is 6.28. The third-order valence-electron chi connectivity index (χ3n) is 3.48. The van der Waals surface area contributed by atoms with Crippen LogP contribution in [0.15, 0.2) is 24.3 Å². The number of nitrogens with zero attached hydrogens (tertiary/aromatic N) is 1. The second-order valence-electron chi connectivity index (χ2n) is 4.75. The van der Waals surface area contributed by atoms with Gasteiger partial charge in [-0.25, -0.2) is 4.79 Å². The minimum Gasteiger partial charge on any atom is -0.478 e. The molecule has 1 unspecified atom stereocenters. The topological polar surface area (TPSA) is 40.5 Å². The molecule has 17 heavy (non-hydrogen) atoms. The largest absolute Gasteiger partial charge is 0.478 e. The normalized spacial score (nSPS) is 21.0. The van der Waals surface area contributed by atoms with Crippen molar-refractivity contribution in [2.75, 3.05) is 11.4 Å². The van der Waals surface area contributed by atoms with Gasteiger partial charge in [0, 0.05) is 18.3 Å². The average Bonchev–Trinajstić information content (AvgIpc) is 2.54. The Morgan fingerprint density at radius 3 is 2.94 bits per heavy atom. The fraction of sp³-hybridized carbons (Fsp3) is 0.500.